The first-order chi connectivity index (χ1) is 13.9. The molecule has 2 aromatic rings. The first-order valence-corrected chi connectivity index (χ1v) is 11.0. The molecule has 2 aromatic carbocycles. The molecule has 2 fully saturated rings. The largest absolute Gasteiger partial charge is 0.274 e. The number of carbonyl (C=O) groups is 2. The SMILES string of the molecule is O=C1CC(N(C2CCCC2)S(=O)(=O)c2ccccc2)C(=O)N1c1ccc(F)cc1. The molecule has 2 aliphatic rings. The van der Waals surface area contributed by atoms with Crippen LogP contribution in [0.2, 0.25) is 0 Å². The van der Waals surface area contributed by atoms with E-state index in [1.54, 1.807) is 18.2 Å². The summed E-state index contributed by atoms with van der Waals surface area (Å²) in [6.45, 7) is 0. The van der Waals surface area contributed by atoms with Crippen molar-refractivity contribution in [3.8, 4) is 0 Å². The highest BCUT2D eigenvalue weighted by molar-refractivity contribution is 7.89. The van der Waals surface area contributed by atoms with E-state index in [2.05, 4.69) is 0 Å². The number of hydrogen-bond acceptors (Lipinski definition) is 4. The Kier molecular flexibility index (Phi) is 5.23. The molecule has 0 N–H and O–H groups in total. The van der Waals surface area contributed by atoms with Crippen LogP contribution in [0.3, 0.4) is 0 Å². The standard InChI is InChI=1S/C21H21FN2O4S/c22-15-10-12-16(13-11-15)23-20(25)14-19(21(23)26)24(17-6-4-5-7-17)29(27,28)18-8-2-1-3-9-18/h1-3,8-13,17,19H,4-7,14H2. The zero-order valence-corrected chi connectivity index (χ0v) is 16.5. The summed E-state index contributed by atoms with van der Waals surface area (Å²) in [7, 11) is -3.96. The van der Waals surface area contributed by atoms with Crippen LogP contribution in [-0.2, 0) is 19.6 Å². The lowest BCUT2D eigenvalue weighted by Gasteiger charge is -2.32. The van der Waals surface area contributed by atoms with Gasteiger partial charge in [0, 0.05) is 6.04 Å². The van der Waals surface area contributed by atoms with Crippen molar-refractivity contribution in [2.75, 3.05) is 4.90 Å². The number of rotatable bonds is 5. The number of hydrogen-bond donors (Lipinski definition) is 0. The zero-order valence-electron chi connectivity index (χ0n) is 15.7. The minimum atomic E-state index is -3.96. The number of anilines is 1. The average molecular weight is 416 g/mol. The molecule has 152 valence electrons. The number of amides is 2. The highest BCUT2D eigenvalue weighted by atomic mass is 32.2. The highest BCUT2D eigenvalue weighted by Gasteiger charge is 2.49. The predicted octanol–water partition coefficient (Wildman–Crippen LogP) is 3.09. The van der Waals surface area contributed by atoms with E-state index >= 15 is 0 Å². The number of carbonyl (C=O) groups excluding carboxylic acids is 2. The van der Waals surface area contributed by atoms with E-state index in [0.717, 1.165) is 17.7 Å². The van der Waals surface area contributed by atoms with Gasteiger partial charge in [-0.3, -0.25) is 9.59 Å². The van der Waals surface area contributed by atoms with Gasteiger partial charge in [-0.2, -0.15) is 4.31 Å². The zero-order chi connectivity index (χ0) is 20.6. The van der Waals surface area contributed by atoms with Crippen LogP contribution < -0.4 is 4.90 Å². The van der Waals surface area contributed by atoms with Crippen molar-refractivity contribution in [3.63, 3.8) is 0 Å². The van der Waals surface area contributed by atoms with Gasteiger partial charge < -0.3 is 0 Å². The summed E-state index contributed by atoms with van der Waals surface area (Å²) in [5, 5.41) is 0. The van der Waals surface area contributed by atoms with Gasteiger partial charge in [0.1, 0.15) is 11.9 Å². The molecule has 0 bridgehead atoms. The summed E-state index contributed by atoms with van der Waals surface area (Å²) >= 11 is 0. The van der Waals surface area contributed by atoms with E-state index in [4.69, 9.17) is 0 Å². The molecule has 1 aliphatic heterocycles. The van der Waals surface area contributed by atoms with E-state index in [1.165, 1.54) is 40.7 Å². The Hall–Kier alpha value is -2.58. The Morgan fingerprint density at radius 2 is 1.55 bits per heavy atom. The maximum absolute atomic E-state index is 13.4. The van der Waals surface area contributed by atoms with Crippen LogP contribution in [0.5, 0.6) is 0 Å². The lowest BCUT2D eigenvalue weighted by atomic mass is 10.2. The Morgan fingerprint density at radius 1 is 0.931 bits per heavy atom. The quantitative estimate of drug-likeness (QED) is 0.702. The van der Waals surface area contributed by atoms with E-state index in [-0.39, 0.29) is 23.0 Å². The van der Waals surface area contributed by atoms with E-state index in [0.29, 0.717) is 12.8 Å². The molecule has 8 heteroatoms. The number of benzene rings is 2. The molecular weight excluding hydrogens is 395 g/mol. The fraction of sp³-hybridized carbons (Fsp3) is 0.333. The van der Waals surface area contributed by atoms with Gasteiger partial charge >= 0.3 is 0 Å². The van der Waals surface area contributed by atoms with Crippen molar-refractivity contribution in [1.82, 2.24) is 4.31 Å². The van der Waals surface area contributed by atoms with Crippen molar-refractivity contribution in [2.45, 2.75) is 49.1 Å². The van der Waals surface area contributed by atoms with Crippen LogP contribution in [0.25, 0.3) is 0 Å². The molecule has 1 saturated heterocycles. The van der Waals surface area contributed by atoms with Gasteiger partial charge in [0.2, 0.25) is 15.9 Å². The van der Waals surface area contributed by atoms with Gasteiger partial charge in [-0.25, -0.2) is 17.7 Å². The van der Waals surface area contributed by atoms with Gasteiger partial charge in [-0.1, -0.05) is 31.0 Å². The number of nitrogens with zero attached hydrogens (tertiary/aromatic N) is 2. The van der Waals surface area contributed by atoms with Crippen LogP contribution in [0, 0.1) is 5.82 Å². The number of imide groups is 1. The first kappa shape index (κ1) is 19.7. The summed E-state index contributed by atoms with van der Waals surface area (Å²) in [6.07, 6.45) is 2.84. The smallest absolute Gasteiger partial charge is 0.252 e. The van der Waals surface area contributed by atoms with E-state index in [1.807, 2.05) is 0 Å². The van der Waals surface area contributed by atoms with Gasteiger partial charge in [0.25, 0.3) is 5.91 Å². The minimum absolute atomic E-state index is 0.104. The van der Waals surface area contributed by atoms with Crippen molar-refractivity contribution in [1.29, 1.82) is 0 Å². The predicted molar refractivity (Wildman–Crippen MR) is 105 cm³/mol. The van der Waals surface area contributed by atoms with Crippen molar-refractivity contribution < 1.29 is 22.4 Å². The van der Waals surface area contributed by atoms with E-state index in [9.17, 15) is 22.4 Å². The fourth-order valence-electron chi connectivity index (χ4n) is 4.17. The highest BCUT2D eigenvalue weighted by Crippen LogP contribution is 2.35. The summed E-state index contributed by atoms with van der Waals surface area (Å²) in [5.41, 5.74) is 0.243. The Morgan fingerprint density at radius 3 is 2.17 bits per heavy atom. The van der Waals surface area contributed by atoms with Gasteiger partial charge in [0.05, 0.1) is 17.0 Å². The molecule has 29 heavy (non-hydrogen) atoms. The fourth-order valence-corrected chi connectivity index (χ4v) is 6.01. The third kappa shape index (κ3) is 3.58. The monoisotopic (exact) mass is 416 g/mol. The number of halogens is 1. The Balaban J connectivity index is 1.73. The Bertz CT molecular complexity index is 1020. The maximum Gasteiger partial charge on any atom is 0.252 e. The molecular formula is C21H21FN2O4S. The van der Waals surface area contributed by atoms with Crippen LogP contribution >= 0.6 is 0 Å². The number of sulfonamides is 1. The average Bonchev–Trinajstić information content (AvgIpc) is 3.32. The molecule has 6 nitrogen and oxygen atoms in total. The van der Waals surface area contributed by atoms with Gasteiger partial charge in [-0.15, -0.1) is 0 Å². The maximum atomic E-state index is 13.4. The van der Waals surface area contributed by atoms with Crippen LogP contribution in [0.1, 0.15) is 32.1 Å². The molecule has 1 heterocycles. The minimum Gasteiger partial charge on any atom is -0.274 e. The molecule has 0 spiro atoms. The van der Waals surface area contributed by atoms with Crippen LogP contribution in [0.4, 0.5) is 10.1 Å². The summed E-state index contributed by atoms with van der Waals surface area (Å²) in [4.78, 5) is 26.9. The topological polar surface area (TPSA) is 74.8 Å². The third-order valence-corrected chi connectivity index (χ3v) is 7.49. The first-order valence-electron chi connectivity index (χ1n) is 9.60. The molecule has 2 amide bonds. The van der Waals surface area contributed by atoms with Gasteiger partial charge in [-0.05, 0) is 49.2 Å². The lowest BCUT2D eigenvalue weighted by Crippen LogP contribution is -2.49. The summed E-state index contributed by atoms with van der Waals surface area (Å²) in [5.74, 6) is -1.56. The normalized spacial score (nSPS) is 20.8. The van der Waals surface area contributed by atoms with Gasteiger partial charge in [0.15, 0.2) is 0 Å². The third-order valence-electron chi connectivity index (χ3n) is 5.52. The Labute approximate surface area is 169 Å². The van der Waals surface area contributed by atoms with Crippen LogP contribution in [-0.4, -0.2) is 36.6 Å². The van der Waals surface area contributed by atoms with Crippen molar-refractivity contribution in [2.24, 2.45) is 0 Å². The van der Waals surface area contributed by atoms with E-state index < -0.39 is 33.7 Å². The summed E-state index contributed by atoms with van der Waals surface area (Å²) in [6, 6.07) is 11.6. The molecule has 1 unspecified atom stereocenters. The second kappa shape index (κ2) is 7.68. The molecule has 0 aromatic heterocycles. The lowest BCUT2D eigenvalue weighted by molar-refractivity contribution is -0.122. The second-order valence-electron chi connectivity index (χ2n) is 7.35. The molecule has 1 atom stereocenters. The molecule has 1 aliphatic carbocycles. The molecule has 4 rings (SSSR count). The molecule has 1 saturated carbocycles. The van der Waals surface area contributed by atoms with Crippen molar-refractivity contribution >= 4 is 27.5 Å². The summed E-state index contributed by atoms with van der Waals surface area (Å²) < 4.78 is 41.4. The van der Waals surface area contributed by atoms with Crippen molar-refractivity contribution in [3.05, 3.63) is 60.4 Å². The molecule has 0 radical (unpaired) electrons. The van der Waals surface area contributed by atoms with Crippen LogP contribution in [0.15, 0.2) is 59.5 Å². The second-order valence-corrected chi connectivity index (χ2v) is 9.19.